The second-order valence-corrected chi connectivity index (χ2v) is 9.51. The van der Waals surface area contributed by atoms with Crippen molar-refractivity contribution < 1.29 is 0 Å². The van der Waals surface area contributed by atoms with Crippen LogP contribution in [0, 0.1) is 11.8 Å². The molecular formula is C32H52. The van der Waals surface area contributed by atoms with Gasteiger partial charge in [-0.3, -0.25) is 0 Å². The van der Waals surface area contributed by atoms with Gasteiger partial charge in [0, 0.05) is 0 Å². The molecule has 180 valence electrons. The van der Waals surface area contributed by atoms with Crippen molar-refractivity contribution >= 4 is 0 Å². The Balaban J connectivity index is 2.08. The molecule has 0 aliphatic carbocycles. The van der Waals surface area contributed by atoms with E-state index in [0.29, 0.717) is 11.8 Å². The molecule has 0 aromatic heterocycles. The summed E-state index contributed by atoms with van der Waals surface area (Å²) < 4.78 is 0. The van der Waals surface area contributed by atoms with Crippen molar-refractivity contribution in [1.82, 2.24) is 0 Å². The van der Waals surface area contributed by atoms with E-state index in [9.17, 15) is 0 Å². The van der Waals surface area contributed by atoms with E-state index in [4.69, 9.17) is 0 Å². The molecule has 0 heteroatoms. The second kappa shape index (κ2) is 20.1. The van der Waals surface area contributed by atoms with Crippen LogP contribution in [0.25, 0.3) is 0 Å². The van der Waals surface area contributed by atoms with Crippen LogP contribution < -0.4 is 0 Å². The van der Waals surface area contributed by atoms with Crippen molar-refractivity contribution in [3.8, 4) is 0 Å². The second-order valence-electron chi connectivity index (χ2n) is 9.51. The highest BCUT2D eigenvalue weighted by atomic mass is 14.1. The summed E-state index contributed by atoms with van der Waals surface area (Å²) in [6, 6.07) is 11.0. The van der Waals surface area contributed by atoms with E-state index in [0.717, 1.165) is 5.92 Å². The Bertz CT molecular complexity index is 590. The van der Waals surface area contributed by atoms with E-state index >= 15 is 0 Å². The molecular weight excluding hydrogens is 384 g/mol. The van der Waals surface area contributed by atoms with Crippen LogP contribution in [0.4, 0.5) is 0 Å². The lowest BCUT2D eigenvalue weighted by atomic mass is 9.92. The monoisotopic (exact) mass is 436 g/mol. The lowest BCUT2D eigenvalue weighted by molar-refractivity contribution is 0.430. The molecule has 0 saturated carbocycles. The SMILES string of the molecule is C=CC(CC/C=C\CCC(CC)c1ccccc1)CC/C=C/CCCCCC(CC)CC. The number of allylic oxidation sites excluding steroid dienone is 5. The highest BCUT2D eigenvalue weighted by molar-refractivity contribution is 5.19. The molecule has 2 atom stereocenters. The molecule has 0 fully saturated rings. The maximum atomic E-state index is 4.07. The molecule has 1 aromatic carbocycles. The third-order valence-corrected chi connectivity index (χ3v) is 7.16. The summed E-state index contributed by atoms with van der Waals surface area (Å²) in [5.41, 5.74) is 1.49. The van der Waals surface area contributed by atoms with Gasteiger partial charge in [0.2, 0.25) is 0 Å². The van der Waals surface area contributed by atoms with Crippen molar-refractivity contribution in [2.75, 3.05) is 0 Å². The van der Waals surface area contributed by atoms with Crippen LogP contribution in [0.5, 0.6) is 0 Å². The van der Waals surface area contributed by atoms with Crippen LogP contribution >= 0.6 is 0 Å². The predicted molar refractivity (Wildman–Crippen MR) is 146 cm³/mol. The van der Waals surface area contributed by atoms with Crippen molar-refractivity contribution in [3.63, 3.8) is 0 Å². The molecule has 1 aromatic rings. The summed E-state index contributed by atoms with van der Waals surface area (Å²) >= 11 is 0. The van der Waals surface area contributed by atoms with Gasteiger partial charge in [0.05, 0.1) is 0 Å². The summed E-state index contributed by atoms with van der Waals surface area (Å²) in [5.74, 6) is 2.30. The van der Waals surface area contributed by atoms with Gasteiger partial charge in [-0.15, -0.1) is 6.58 Å². The number of benzene rings is 1. The van der Waals surface area contributed by atoms with E-state index in [1.807, 2.05) is 0 Å². The first-order chi connectivity index (χ1) is 15.7. The van der Waals surface area contributed by atoms with E-state index in [-0.39, 0.29) is 0 Å². The predicted octanol–water partition coefficient (Wildman–Crippen LogP) is 10.8. The Hall–Kier alpha value is -1.56. The first-order valence-electron chi connectivity index (χ1n) is 13.7. The van der Waals surface area contributed by atoms with Gasteiger partial charge in [0.1, 0.15) is 0 Å². The van der Waals surface area contributed by atoms with Crippen LogP contribution in [0.1, 0.15) is 122 Å². The van der Waals surface area contributed by atoms with Crippen molar-refractivity contribution in [2.45, 2.75) is 117 Å². The third kappa shape index (κ3) is 13.8. The highest BCUT2D eigenvalue weighted by Crippen LogP contribution is 2.25. The number of unbranched alkanes of at least 4 members (excludes halogenated alkanes) is 3. The average molecular weight is 437 g/mol. The fourth-order valence-electron chi connectivity index (χ4n) is 4.67. The minimum Gasteiger partial charge on any atom is -0.103 e. The zero-order valence-electron chi connectivity index (χ0n) is 21.6. The molecule has 0 amide bonds. The first kappa shape index (κ1) is 28.5. The van der Waals surface area contributed by atoms with Crippen LogP contribution in [0.15, 0.2) is 67.3 Å². The number of hydrogen-bond acceptors (Lipinski definition) is 0. The molecule has 0 N–H and O–H groups in total. The van der Waals surface area contributed by atoms with Crippen LogP contribution in [0.3, 0.4) is 0 Å². The van der Waals surface area contributed by atoms with Crippen molar-refractivity contribution in [1.29, 1.82) is 0 Å². The molecule has 32 heavy (non-hydrogen) atoms. The Morgan fingerprint density at radius 1 is 0.656 bits per heavy atom. The summed E-state index contributed by atoms with van der Waals surface area (Å²) in [6.45, 7) is 11.0. The molecule has 1 rings (SSSR count). The van der Waals surface area contributed by atoms with Gasteiger partial charge in [-0.1, -0.05) is 114 Å². The molecule has 0 nitrogen and oxygen atoms in total. The normalized spacial score (nSPS) is 13.9. The van der Waals surface area contributed by atoms with Gasteiger partial charge in [-0.2, -0.15) is 0 Å². The maximum absolute atomic E-state index is 4.07. The zero-order valence-corrected chi connectivity index (χ0v) is 21.6. The highest BCUT2D eigenvalue weighted by Gasteiger charge is 2.07. The Labute approximate surface area is 201 Å². The lowest BCUT2D eigenvalue weighted by Crippen LogP contribution is -1.96. The molecule has 0 radical (unpaired) electrons. The minimum absolute atomic E-state index is 0.650. The average Bonchev–Trinajstić information content (AvgIpc) is 2.84. The summed E-state index contributed by atoms with van der Waals surface area (Å²) in [7, 11) is 0. The molecule has 0 aliphatic heterocycles. The molecule has 0 heterocycles. The van der Waals surface area contributed by atoms with Gasteiger partial charge in [-0.25, -0.2) is 0 Å². The van der Waals surface area contributed by atoms with Crippen molar-refractivity contribution in [2.24, 2.45) is 11.8 Å². The maximum Gasteiger partial charge on any atom is -0.0162 e. The number of rotatable bonds is 20. The molecule has 0 spiro atoms. The Morgan fingerprint density at radius 2 is 1.25 bits per heavy atom. The lowest BCUT2D eigenvalue weighted by Gasteiger charge is -2.14. The van der Waals surface area contributed by atoms with Crippen LogP contribution in [0.2, 0.25) is 0 Å². The smallest absolute Gasteiger partial charge is 0.0162 e. The largest absolute Gasteiger partial charge is 0.103 e. The Morgan fingerprint density at radius 3 is 1.81 bits per heavy atom. The zero-order chi connectivity index (χ0) is 23.3. The third-order valence-electron chi connectivity index (χ3n) is 7.16. The Kier molecular flexibility index (Phi) is 17.9. The molecule has 2 unspecified atom stereocenters. The van der Waals surface area contributed by atoms with Crippen molar-refractivity contribution in [3.05, 3.63) is 72.9 Å². The molecule has 0 aliphatic rings. The van der Waals surface area contributed by atoms with Gasteiger partial charge >= 0.3 is 0 Å². The van der Waals surface area contributed by atoms with E-state index in [1.165, 1.54) is 95.5 Å². The fourth-order valence-corrected chi connectivity index (χ4v) is 4.67. The summed E-state index contributed by atoms with van der Waals surface area (Å²) in [4.78, 5) is 0. The van der Waals surface area contributed by atoms with E-state index in [2.05, 4.69) is 88.1 Å². The minimum atomic E-state index is 0.650. The van der Waals surface area contributed by atoms with Gasteiger partial charge in [0.15, 0.2) is 0 Å². The van der Waals surface area contributed by atoms with Gasteiger partial charge < -0.3 is 0 Å². The molecule has 0 saturated heterocycles. The van der Waals surface area contributed by atoms with E-state index < -0.39 is 0 Å². The van der Waals surface area contributed by atoms with Gasteiger partial charge in [-0.05, 0) is 81.1 Å². The van der Waals surface area contributed by atoms with Crippen LogP contribution in [-0.4, -0.2) is 0 Å². The molecule has 0 bridgehead atoms. The standard InChI is InChI=1S/C32H52/c1-5-29(6-2)23-17-12-10-9-11-13-18-24-30(7-3)25-19-14-15-20-26-31(8-4)32-27-21-16-22-28-32/h7,11,13-16,21-22,27-31H,3,5-6,8-10,12,17-20,23-26H2,1-2,4H3/b13-11+,15-14-. The first-order valence-corrected chi connectivity index (χ1v) is 13.7. The van der Waals surface area contributed by atoms with Gasteiger partial charge in [0.25, 0.3) is 0 Å². The quantitative estimate of drug-likeness (QED) is 0.141. The number of hydrogen-bond donors (Lipinski definition) is 0. The fraction of sp³-hybridized carbons (Fsp3) is 0.625. The topological polar surface area (TPSA) is 0 Å². The van der Waals surface area contributed by atoms with E-state index in [1.54, 1.807) is 0 Å². The van der Waals surface area contributed by atoms with Crippen LogP contribution in [-0.2, 0) is 0 Å². The summed E-state index contributed by atoms with van der Waals surface area (Å²) in [5, 5.41) is 0. The summed E-state index contributed by atoms with van der Waals surface area (Å²) in [6.07, 6.45) is 29.9.